The highest BCUT2D eigenvalue weighted by Gasteiger charge is 2.07. The summed E-state index contributed by atoms with van der Waals surface area (Å²) in [4.78, 5) is 18.2. The Morgan fingerprint density at radius 2 is 1.70 bits per heavy atom. The lowest BCUT2D eigenvalue weighted by Gasteiger charge is -2.14. The summed E-state index contributed by atoms with van der Waals surface area (Å²) < 4.78 is 7.60. The Labute approximate surface area is 133 Å². The van der Waals surface area contributed by atoms with Gasteiger partial charge >= 0.3 is 11.9 Å². The van der Waals surface area contributed by atoms with Crippen LogP contribution >= 0.6 is 31.9 Å². The number of halogens is 2. The van der Waals surface area contributed by atoms with E-state index in [9.17, 15) is 0 Å². The summed E-state index contributed by atoms with van der Waals surface area (Å²) in [5.41, 5.74) is 0. The van der Waals surface area contributed by atoms with Gasteiger partial charge in [-0.3, -0.25) is 0 Å². The minimum absolute atomic E-state index is 0.342. The van der Waals surface area contributed by atoms with Crippen LogP contribution in [0, 0.1) is 0 Å². The number of para-hydroxylation sites is 1. The maximum Gasteiger partial charge on any atom is 0.414 e. The van der Waals surface area contributed by atoms with Gasteiger partial charge in [-0.1, -0.05) is 6.07 Å². The number of carboxylic acids is 2. The van der Waals surface area contributed by atoms with Gasteiger partial charge in [0, 0.05) is 6.04 Å². The van der Waals surface area contributed by atoms with E-state index in [1.165, 1.54) is 0 Å². The number of hydrogen-bond donors (Lipinski definition) is 3. The third-order valence-electron chi connectivity index (χ3n) is 2.07. The summed E-state index contributed by atoms with van der Waals surface area (Å²) in [5, 5.41) is 17.9. The summed E-state index contributed by atoms with van der Waals surface area (Å²) in [6, 6.07) is 6.23. The smallest absolute Gasteiger partial charge is 0.414 e. The van der Waals surface area contributed by atoms with Crippen molar-refractivity contribution in [1.29, 1.82) is 0 Å². The fourth-order valence-corrected chi connectivity index (χ4v) is 2.14. The van der Waals surface area contributed by atoms with Gasteiger partial charge in [0.05, 0.1) is 8.95 Å². The second kappa shape index (κ2) is 9.73. The Balaban J connectivity index is 0.000000511. The van der Waals surface area contributed by atoms with Gasteiger partial charge in [0.1, 0.15) is 12.4 Å². The Morgan fingerprint density at radius 3 is 2.05 bits per heavy atom. The predicted octanol–water partition coefficient (Wildman–Crippen LogP) is 2.35. The van der Waals surface area contributed by atoms with E-state index < -0.39 is 11.9 Å². The molecular formula is C12H15Br2NO5. The van der Waals surface area contributed by atoms with Gasteiger partial charge in [-0.15, -0.1) is 0 Å². The molecule has 6 nitrogen and oxygen atoms in total. The highest BCUT2D eigenvalue weighted by molar-refractivity contribution is 9.11. The summed E-state index contributed by atoms with van der Waals surface area (Å²) in [5.74, 6) is -2.79. The minimum atomic E-state index is -1.82. The molecule has 1 rings (SSSR count). The molecule has 0 spiro atoms. The molecule has 0 aliphatic carbocycles. The van der Waals surface area contributed by atoms with Crippen LogP contribution in [0.2, 0.25) is 0 Å². The van der Waals surface area contributed by atoms with E-state index in [-0.39, 0.29) is 0 Å². The van der Waals surface area contributed by atoms with E-state index in [0.29, 0.717) is 12.6 Å². The number of rotatable bonds is 4. The molecule has 3 N–H and O–H groups in total. The topological polar surface area (TPSA) is 95.9 Å². The number of benzene rings is 1. The zero-order valence-corrected chi connectivity index (χ0v) is 14.1. The maximum atomic E-state index is 9.10. The minimum Gasteiger partial charge on any atom is -0.490 e. The fraction of sp³-hybridized carbons (Fsp3) is 0.333. The lowest BCUT2D eigenvalue weighted by Crippen LogP contribution is -2.28. The normalized spacial score (nSPS) is 11.0. The van der Waals surface area contributed by atoms with Gasteiger partial charge in [0.25, 0.3) is 0 Å². The van der Waals surface area contributed by atoms with E-state index in [4.69, 9.17) is 24.5 Å². The van der Waals surface area contributed by atoms with Crippen molar-refractivity contribution < 1.29 is 24.5 Å². The van der Waals surface area contributed by atoms with Crippen molar-refractivity contribution in [3.63, 3.8) is 0 Å². The van der Waals surface area contributed by atoms with E-state index in [1.807, 2.05) is 25.2 Å². The van der Waals surface area contributed by atoms with Crippen LogP contribution in [0.4, 0.5) is 0 Å². The summed E-state index contributed by atoms with van der Waals surface area (Å²) in [7, 11) is 1.92. The van der Waals surface area contributed by atoms with Gasteiger partial charge in [-0.2, -0.15) is 0 Å². The largest absolute Gasteiger partial charge is 0.490 e. The number of carbonyl (C=O) groups is 2. The monoisotopic (exact) mass is 411 g/mol. The molecule has 0 aliphatic heterocycles. The van der Waals surface area contributed by atoms with Crippen LogP contribution in [0.5, 0.6) is 5.75 Å². The highest BCUT2D eigenvalue weighted by Crippen LogP contribution is 2.32. The Kier molecular flexibility index (Phi) is 9.19. The molecule has 1 aromatic carbocycles. The molecule has 0 saturated heterocycles. The first-order valence-electron chi connectivity index (χ1n) is 5.49. The SMILES string of the molecule is CNC(C)COc1c(Br)cccc1Br.O=C(O)C(=O)O. The Bertz CT molecular complexity index is 435. The van der Waals surface area contributed by atoms with E-state index >= 15 is 0 Å². The first-order valence-corrected chi connectivity index (χ1v) is 7.08. The number of hydrogen-bond acceptors (Lipinski definition) is 4. The quantitative estimate of drug-likeness (QED) is 0.657. The van der Waals surface area contributed by atoms with Crippen LogP contribution in [0.15, 0.2) is 27.1 Å². The van der Waals surface area contributed by atoms with Crippen LogP contribution in [0.25, 0.3) is 0 Å². The molecule has 0 saturated carbocycles. The number of carboxylic acid groups (broad SMARTS) is 2. The Hall–Kier alpha value is -1.12. The zero-order valence-electron chi connectivity index (χ0n) is 10.9. The zero-order chi connectivity index (χ0) is 15.7. The molecule has 0 heterocycles. The summed E-state index contributed by atoms with van der Waals surface area (Å²) >= 11 is 6.89. The predicted molar refractivity (Wildman–Crippen MR) is 81.1 cm³/mol. The van der Waals surface area contributed by atoms with Crippen molar-refractivity contribution in [2.75, 3.05) is 13.7 Å². The van der Waals surface area contributed by atoms with E-state index in [1.54, 1.807) is 0 Å². The van der Waals surface area contributed by atoms with Crippen LogP contribution < -0.4 is 10.1 Å². The molecule has 0 aliphatic rings. The van der Waals surface area contributed by atoms with Crippen molar-refractivity contribution in [1.82, 2.24) is 5.32 Å². The van der Waals surface area contributed by atoms with Gasteiger partial charge in [-0.25, -0.2) is 9.59 Å². The maximum absolute atomic E-state index is 9.10. The molecule has 1 unspecified atom stereocenters. The lowest BCUT2D eigenvalue weighted by atomic mass is 10.3. The van der Waals surface area contributed by atoms with Crippen LogP contribution in [0.1, 0.15) is 6.92 Å². The molecule has 20 heavy (non-hydrogen) atoms. The average molecular weight is 413 g/mol. The molecule has 0 bridgehead atoms. The third kappa shape index (κ3) is 7.46. The number of nitrogens with one attached hydrogen (secondary N) is 1. The van der Waals surface area contributed by atoms with E-state index in [0.717, 1.165) is 14.7 Å². The summed E-state index contributed by atoms with van der Waals surface area (Å²) in [6.45, 7) is 2.72. The molecule has 0 amide bonds. The van der Waals surface area contributed by atoms with Crippen molar-refractivity contribution in [2.45, 2.75) is 13.0 Å². The standard InChI is InChI=1S/C10H13Br2NO.C2H2O4/c1-7(13-2)6-14-10-8(11)4-3-5-9(10)12;3-1(4)2(5)6/h3-5,7,13H,6H2,1-2H3;(H,3,4)(H,5,6). The highest BCUT2D eigenvalue weighted by atomic mass is 79.9. The van der Waals surface area contributed by atoms with E-state index in [2.05, 4.69) is 44.1 Å². The van der Waals surface area contributed by atoms with Crippen molar-refractivity contribution >= 4 is 43.8 Å². The second-order valence-electron chi connectivity index (χ2n) is 3.66. The van der Waals surface area contributed by atoms with Crippen molar-refractivity contribution in [3.05, 3.63) is 27.1 Å². The molecule has 1 atom stereocenters. The van der Waals surface area contributed by atoms with Crippen LogP contribution in [-0.2, 0) is 9.59 Å². The summed E-state index contributed by atoms with van der Waals surface area (Å²) in [6.07, 6.45) is 0. The van der Waals surface area contributed by atoms with Crippen molar-refractivity contribution in [3.8, 4) is 5.75 Å². The third-order valence-corrected chi connectivity index (χ3v) is 3.32. The second-order valence-corrected chi connectivity index (χ2v) is 5.37. The molecule has 8 heteroatoms. The van der Waals surface area contributed by atoms with Gasteiger partial charge < -0.3 is 20.3 Å². The molecular weight excluding hydrogens is 398 g/mol. The van der Waals surface area contributed by atoms with Gasteiger partial charge in [-0.05, 0) is 58.0 Å². The molecule has 0 radical (unpaired) electrons. The number of ether oxygens (including phenoxy) is 1. The first-order chi connectivity index (χ1) is 9.29. The Morgan fingerprint density at radius 1 is 1.25 bits per heavy atom. The molecule has 0 aromatic heterocycles. The fourth-order valence-electron chi connectivity index (χ4n) is 0.912. The van der Waals surface area contributed by atoms with Crippen LogP contribution in [-0.4, -0.2) is 41.8 Å². The molecule has 0 fully saturated rings. The van der Waals surface area contributed by atoms with Gasteiger partial charge in [0.2, 0.25) is 0 Å². The lowest BCUT2D eigenvalue weighted by molar-refractivity contribution is -0.159. The van der Waals surface area contributed by atoms with Gasteiger partial charge in [0.15, 0.2) is 0 Å². The van der Waals surface area contributed by atoms with Crippen LogP contribution in [0.3, 0.4) is 0 Å². The average Bonchev–Trinajstić information content (AvgIpc) is 2.38. The first kappa shape index (κ1) is 18.9. The number of likely N-dealkylation sites (N-methyl/N-ethyl adjacent to an activating group) is 1. The molecule has 1 aromatic rings. The molecule has 112 valence electrons. The van der Waals surface area contributed by atoms with Crippen molar-refractivity contribution in [2.24, 2.45) is 0 Å². The number of aliphatic carboxylic acids is 2.